The zero-order valence-corrected chi connectivity index (χ0v) is 12.7. The fourth-order valence-corrected chi connectivity index (χ4v) is 2.42. The van der Waals surface area contributed by atoms with Crippen molar-refractivity contribution in [1.29, 1.82) is 0 Å². The summed E-state index contributed by atoms with van der Waals surface area (Å²) in [4.78, 5) is 12.5. The lowest BCUT2D eigenvalue weighted by atomic mass is 10.0. The van der Waals surface area contributed by atoms with Gasteiger partial charge in [0.2, 0.25) is 0 Å². The smallest absolute Gasteiger partial charge is 0.438 e. The number of carbonyl (C=O) groups excluding carboxylic acids is 1. The van der Waals surface area contributed by atoms with E-state index in [4.69, 9.17) is 4.74 Å². The molecule has 0 bridgehead atoms. The minimum atomic E-state index is -5.02. The van der Waals surface area contributed by atoms with Crippen LogP contribution in [0.2, 0.25) is 0 Å². The molecule has 0 saturated heterocycles. The van der Waals surface area contributed by atoms with Gasteiger partial charge in [0.1, 0.15) is 5.75 Å². The molecule has 1 aromatic carbocycles. The summed E-state index contributed by atoms with van der Waals surface area (Å²) in [6.07, 6.45) is -4.94. The van der Waals surface area contributed by atoms with Crippen LogP contribution in [0.3, 0.4) is 0 Å². The Morgan fingerprint density at radius 3 is 2.65 bits per heavy atom. The maximum absolute atomic E-state index is 13.3. The van der Waals surface area contributed by atoms with E-state index in [0.717, 1.165) is 0 Å². The van der Waals surface area contributed by atoms with Gasteiger partial charge >= 0.3 is 6.18 Å². The molecule has 1 aliphatic rings. The van der Waals surface area contributed by atoms with Crippen LogP contribution in [0, 0.1) is 0 Å². The molecule has 1 atom stereocenters. The monoisotopic (exact) mass is 330 g/mol. The number of alkyl halides is 3. The van der Waals surface area contributed by atoms with E-state index in [-0.39, 0.29) is 28.5 Å². The van der Waals surface area contributed by atoms with Crippen LogP contribution in [0.15, 0.2) is 29.4 Å². The van der Waals surface area contributed by atoms with Gasteiger partial charge in [-0.25, -0.2) is 0 Å². The van der Waals surface area contributed by atoms with Gasteiger partial charge in [-0.3, -0.25) is 4.79 Å². The Morgan fingerprint density at radius 1 is 1.43 bits per heavy atom. The second kappa shape index (κ2) is 6.19. The van der Waals surface area contributed by atoms with Crippen LogP contribution in [0.5, 0.6) is 5.75 Å². The van der Waals surface area contributed by atoms with Crippen molar-refractivity contribution in [2.75, 3.05) is 7.11 Å². The number of para-hydroxylation sites is 1. The third kappa shape index (κ3) is 3.03. The lowest BCUT2D eigenvalue weighted by Crippen LogP contribution is -2.56. The van der Waals surface area contributed by atoms with E-state index in [9.17, 15) is 23.1 Å². The van der Waals surface area contributed by atoms with E-state index >= 15 is 0 Å². The molecular weight excluding hydrogens is 313 g/mol. The van der Waals surface area contributed by atoms with E-state index in [2.05, 4.69) is 5.10 Å². The average molecular weight is 330 g/mol. The van der Waals surface area contributed by atoms with Gasteiger partial charge < -0.3 is 9.84 Å². The fourth-order valence-electron chi connectivity index (χ4n) is 2.42. The van der Waals surface area contributed by atoms with Gasteiger partial charge in [-0.1, -0.05) is 25.5 Å². The van der Waals surface area contributed by atoms with Crippen LogP contribution in [-0.4, -0.2) is 40.7 Å². The second-order valence-corrected chi connectivity index (χ2v) is 5.22. The molecule has 1 amide bonds. The maximum atomic E-state index is 13.3. The summed E-state index contributed by atoms with van der Waals surface area (Å²) in [5.41, 5.74) is -3.30. The third-order valence-electron chi connectivity index (χ3n) is 3.56. The number of hydrogen-bond acceptors (Lipinski definition) is 4. The molecule has 126 valence electrons. The first-order valence-corrected chi connectivity index (χ1v) is 7.07. The highest BCUT2D eigenvalue weighted by atomic mass is 19.4. The van der Waals surface area contributed by atoms with Crippen LogP contribution in [0.25, 0.3) is 0 Å². The average Bonchev–Trinajstić information content (AvgIpc) is 2.84. The number of nitrogens with zero attached hydrogens (tertiary/aromatic N) is 2. The Balaban J connectivity index is 2.46. The number of methoxy groups -OCH3 is 1. The number of hydrogen-bond donors (Lipinski definition) is 1. The minimum absolute atomic E-state index is 0.0980. The quantitative estimate of drug-likeness (QED) is 0.923. The SMILES string of the molecule is CCCC1=NN(C(=O)c2ccccc2OC)[C@@](O)(C(F)(F)F)C1. The first-order chi connectivity index (χ1) is 10.7. The Labute approximate surface area is 131 Å². The molecule has 1 aliphatic heterocycles. The lowest BCUT2D eigenvalue weighted by molar-refractivity contribution is -0.297. The van der Waals surface area contributed by atoms with Gasteiger partial charge in [0.25, 0.3) is 11.6 Å². The highest BCUT2D eigenvalue weighted by Crippen LogP contribution is 2.42. The van der Waals surface area contributed by atoms with Crippen LogP contribution in [0.4, 0.5) is 13.2 Å². The van der Waals surface area contributed by atoms with Crippen molar-refractivity contribution < 1.29 is 27.8 Å². The summed E-state index contributed by atoms with van der Waals surface area (Å²) < 4.78 is 45.0. The molecule has 8 heteroatoms. The number of amides is 1. The number of ether oxygens (including phenoxy) is 1. The van der Waals surface area contributed by atoms with Crippen molar-refractivity contribution in [3.63, 3.8) is 0 Å². The van der Waals surface area contributed by atoms with Crippen LogP contribution >= 0.6 is 0 Å². The molecular formula is C15H17F3N2O3. The van der Waals surface area contributed by atoms with Gasteiger partial charge in [0.05, 0.1) is 12.7 Å². The predicted octanol–water partition coefficient (Wildman–Crippen LogP) is 2.95. The minimum Gasteiger partial charge on any atom is -0.496 e. The molecule has 0 fully saturated rings. The molecule has 1 N–H and O–H groups in total. The largest absolute Gasteiger partial charge is 0.496 e. The number of halogens is 3. The molecule has 23 heavy (non-hydrogen) atoms. The highest BCUT2D eigenvalue weighted by molar-refractivity contribution is 6.00. The Kier molecular flexibility index (Phi) is 4.65. The molecule has 5 nitrogen and oxygen atoms in total. The van der Waals surface area contributed by atoms with Crippen LogP contribution in [0.1, 0.15) is 36.5 Å². The molecule has 0 aromatic heterocycles. The summed E-state index contributed by atoms with van der Waals surface area (Å²) in [5, 5.41) is 13.9. The molecule has 0 radical (unpaired) electrons. The number of rotatable bonds is 4. The van der Waals surface area contributed by atoms with Crippen molar-refractivity contribution in [2.45, 2.75) is 38.1 Å². The van der Waals surface area contributed by atoms with Gasteiger partial charge in [0.15, 0.2) is 0 Å². The van der Waals surface area contributed by atoms with Gasteiger partial charge in [-0.05, 0) is 18.6 Å². The van der Waals surface area contributed by atoms with Crippen molar-refractivity contribution in [3.05, 3.63) is 29.8 Å². The van der Waals surface area contributed by atoms with Gasteiger partial charge in [0, 0.05) is 12.1 Å². The molecule has 1 aromatic rings. The normalized spacial score (nSPS) is 21.3. The molecule has 2 rings (SSSR count). The number of aliphatic hydroxyl groups is 1. The summed E-state index contributed by atoms with van der Waals surface area (Å²) in [6, 6.07) is 5.86. The summed E-state index contributed by atoms with van der Waals surface area (Å²) in [6.45, 7) is 1.78. The predicted molar refractivity (Wildman–Crippen MR) is 77.1 cm³/mol. The highest BCUT2D eigenvalue weighted by Gasteiger charge is 2.63. The molecule has 1 heterocycles. The first-order valence-electron chi connectivity index (χ1n) is 7.07. The summed E-state index contributed by atoms with van der Waals surface area (Å²) >= 11 is 0. The van der Waals surface area contributed by atoms with Gasteiger partial charge in [-0.15, -0.1) is 0 Å². The first kappa shape index (κ1) is 17.3. The molecule has 0 saturated carbocycles. The van der Waals surface area contributed by atoms with E-state index in [1.807, 2.05) is 0 Å². The second-order valence-electron chi connectivity index (χ2n) is 5.22. The maximum Gasteiger partial charge on any atom is 0.438 e. The molecule has 0 unspecified atom stereocenters. The fraction of sp³-hybridized carbons (Fsp3) is 0.467. The topological polar surface area (TPSA) is 62.1 Å². The zero-order valence-electron chi connectivity index (χ0n) is 12.7. The third-order valence-corrected chi connectivity index (χ3v) is 3.56. The van der Waals surface area contributed by atoms with E-state index in [1.165, 1.54) is 25.3 Å². The number of benzene rings is 1. The van der Waals surface area contributed by atoms with Crippen LogP contribution in [-0.2, 0) is 0 Å². The molecule has 0 aliphatic carbocycles. The van der Waals surface area contributed by atoms with E-state index < -0.39 is 24.2 Å². The van der Waals surface area contributed by atoms with Gasteiger partial charge in [-0.2, -0.15) is 23.3 Å². The van der Waals surface area contributed by atoms with E-state index in [0.29, 0.717) is 6.42 Å². The van der Waals surface area contributed by atoms with Crippen molar-refractivity contribution in [3.8, 4) is 5.75 Å². The number of carbonyl (C=O) groups is 1. The Bertz CT molecular complexity index is 631. The Morgan fingerprint density at radius 2 is 2.09 bits per heavy atom. The molecule has 0 spiro atoms. The zero-order chi connectivity index (χ0) is 17.3. The lowest BCUT2D eigenvalue weighted by Gasteiger charge is -2.32. The van der Waals surface area contributed by atoms with E-state index in [1.54, 1.807) is 13.0 Å². The summed E-state index contributed by atoms with van der Waals surface area (Å²) in [5.74, 6) is -0.949. The summed E-state index contributed by atoms with van der Waals surface area (Å²) in [7, 11) is 1.30. The van der Waals surface area contributed by atoms with Crippen molar-refractivity contribution in [2.24, 2.45) is 5.10 Å². The Hall–Kier alpha value is -2.09. The standard InChI is InChI=1S/C15H17F3N2O3/c1-3-6-10-9-14(22,15(16,17)18)20(19-10)13(21)11-7-4-5-8-12(11)23-2/h4-5,7-8,22H,3,6,9H2,1-2H3/t14-/m0/s1. The van der Waals surface area contributed by atoms with Crippen molar-refractivity contribution in [1.82, 2.24) is 5.01 Å². The van der Waals surface area contributed by atoms with Crippen LogP contribution < -0.4 is 4.74 Å². The van der Waals surface area contributed by atoms with Crippen molar-refractivity contribution >= 4 is 11.6 Å². The number of hydrazone groups is 1.